The van der Waals surface area contributed by atoms with Crippen molar-refractivity contribution in [3.05, 3.63) is 35.5 Å². The Balaban J connectivity index is 1.62. The first-order valence-electron chi connectivity index (χ1n) is 7.82. The fraction of sp³-hybridized carbons (Fsp3) is 0.294. The molecule has 0 radical (unpaired) electrons. The molecule has 0 bridgehead atoms. The number of hydrogen-bond acceptors (Lipinski definition) is 6. The number of hydrogen-bond donors (Lipinski definition) is 1. The molecule has 0 unspecified atom stereocenters. The third-order valence-electron chi connectivity index (χ3n) is 3.97. The second-order valence-corrected chi connectivity index (χ2v) is 6.93. The minimum atomic E-state index is -0.363. The van der Waals surface area contributed by atoms with Crippen LogP contribution in [-0.2, 0) is 9.53 Å². The Bertz CT molecular complexity index is 902. The van der Waals surface area contributed by atoms with Crippen LogP contribution in [-0.4, -0.2) is 33.8 Å². The number of aromatic nitrogens is 3. The number of aryl methyl sites for hydroxylation is 1. The summed E-state index contributed by atoms with van der Waals surface area (Å²) < 4.78 is 5.40. The van der Waals surface area contributed by atoms with Crippen LogP contribution in [0.25, 0.3) is 21.3 Å². The number of rotatable bonds is 3. The third-order valence-corrected chi connectivity index (χ3v) is 4.86. The first-order chi connectivity index (χ1) is 11.7. The van der Waals surface area contributed by atoms with Crippen LogP contribution in [0.5, 0.6) is 0 Å². The van der Waals surface area contributed by atoms with E-state index in [4.69, 9.17) is 4.74 Å². The molecule has 1 amide bonds. The molecule has 3 heterocycles. The maximum Gasteiger partial charge on any atom is 0.254 e. The quantitative estimate of drug-likeness (QED) is 0.792. The number of fused-ring (bicyclic) bond motifs is 1. The topological polar surface area (TPSA) is 77.0 Å². The van der Waals surface area contributed by atoms with E-state index in [1.54, 1.807) is 17.5 Å². The molecule has 2 aromatic heterocycles. The number of carbonyl (C=O) groups excluding carboxylic acids is 1. The zero-order chi connectivity index (χ0) is 16.5. The van der Waals surface area contributed by atoms with Crippen LogP contribution in [0, 0.1) is 6.92 Å². The molecule has 1 atom stereocenters. The van der Waals surface area contributed by atoms with Crippen molar-refractivity contribution in [1.29, 1.82) is 0 Å². The molecule has 1 N–H and O–H groups in total. The lowest BCUT2D eigenvalue weighted by atomic mass is 10.1. The molecular formula is C17H16N4O2S. The Kier molecular flexibility index (Phi) is 3.95. The van der Waals surface area contributed by atoms with Crippen LogP contribution in [0.2, 0.25) is 0 Å². The van der Waals surface area contributed by atoms with E-state index >= 15 is 0 Å². The Hall–Kier alpha value is -2.38. The van der Waals surface area contributed by atoms with E-state index in [9.17, 15) is 4.79 Å². The number of nitrogens with zero attached hydrogens (tertiary/aromatic N) is 3. The number of nitrogens with one attached hydrogen (secondary N) is 1. The average Bonchev–Trinajstić information content (AvgIpc) is 3.25. The van der Waals surface area contributed by atoms with Crippen molar-refractivity contribution in [2.24, 2.45) is 0 Å². The van der Waals surface area contributed by atoms with Gasteiger partial charge in [-0.1, -0.05) is 23.5 Å². The molecule has 6 nitrogen and oxygen atoms in total. The van der Waals surface area contributed by atoms with Gasteiger partial charge in [0.2, 0.25) is 0 Å². The summed E-state index contributed by atoms with van der Waals surface area (Å²) in [5.74, 6) is 0.406. The Morgan fingerprint density at radius 2 is 2.21 bits per heavy atom. The van der Waals surface area contributed by atoms with Crippen LogP contribution in [0.3, 0.4) is 0 Å². The summed E-state index contributed by atoms with van der Waals surface area (Å²) in [6.07, 6.45) is 3.09. The first kappa shape index (κ1) is 15.2. The summed E-state index contributed by atoms with van der Waals surface area (Å²) in [6.45, 7) is 2.58. The van der Waals surface area contributed by atoms with Gasteiger partial charge in [0.15, 0.2) is 0 Å². The lowest BCUT2D eigenvalue weighted by molar-refractivity contribution is -0.124. The highest BCUT2D eigenvalue weighted by Gasteiger charge is 2.23. The normalized spacial score (nSPS) is 17.3. The maximum absolute atomic E-state index is 12.1. The zero-order valence-electron chi connectivity index (χ0n) is 13.2. The van der Waals surface area contributed by atoms with Gasteiger partial charge in [-0.2, -0.15) is 0 Å². The predicted molar refractivity (Wildman–Crippen MR) is 93.0 cm³/mol. The standard InChI is InChI=1S/C17H16N4O2S/c1-10-20-21-17(24-10)11-4-5-12-9-18-15(8-13(12)7-11)19-16(22)14-3-2-6-23-14/h4-5,7-9,14H,2-3,6H2,1H3,(H,18,19,22)/t14-/m1/s1. The van der Waals surface area contributed by atoms with Gasteiger partial charge in [-0.25, -0.2) is 4.98 Å². The molecule has 4 rings (SSSR count). The summed E-state index contributed by atoms with van der Waals surface area (Å²) in [7, 11) is 0. The van der Waals surface area contributed by atoms with Crippen molar-refractivity contribution >= 4 is 33.8 Å². The summed E-state index contributed by atoms with van der Waals surface area (Å²) >= 11 is 1.56. The van der Waals surface area contributed by atoms with Gasteiger partial charge in [0.05, 0.1) is 0 Å². The fourth-order valence-corrected chi connectivity index (χ4v) is 3.43. The van der Waals surface area contributed by atoms with Crippen LogP contribution in [0.15, 0.2) is 30.5 Å². The molecule has 7 heteroatoms. The van der Waals surface area contributed by atoms with Crippen molar-refractivity contribution in [2.75, 3.05) is 11.9 Å². The minimum absolute atomic E-state index is 0.129. The van der Waals surface area contributed by atoms with Crippen molar-refractivity contribution in [1.82, 2.24) is 15.2 Å². The SMILES string of the molecule is Cc1nnc(-c2ccc3cnc(NC(=O)[C@H]4CCCO4)cc3c2)s1. The molecule has 1 fully saturated rings. The molecule has 122 valence electrons. The van der Waals surface area contributed by atoms with E-state index < -0.39 is 0 Å². The molecule has 1 aliphatic heterocycles. The van der Waals surface area contributed by atoms with Crippen LogP contribution in [0.1, 0.15) is 17.8 Å². The third kappa shape index (κ3) is 3.00. The van der Waals surface area contributed by atoms with E-state index in [0.717, 1.165) is 39.2 Å². The molecule has 1 saturated heterocycles. The highest BCUT2D eigenvalue weighted by molar-refractivity contribution is 7.14. The smallest absolute Gasteiger partial charge is 0.254 e. The van der Waals surface area contributed by atoms with Gasteiger partial charge < -0.3 is 10.1 Å². The minimum Gasteiger partial charge on any atom is -0.368 e. The Morgan fingerprint density at radius 1 is 1.29 bits per heavy atom. The van der Waals surface area contributed by atoms with Gasteiger partial charge in [0.1, 0.15) is 21.9 Å². The predicted octanol–water partition coefficient (Wildman–Crippen LogP) is 3.18. The van der Waals surface area contributed by atoms with E-state index in [2.05, 4.69) is 20.5 Å². The van der Waals surface area contributed by atoms with E-state index in [-0.39, 0.29) is 12.0 Å². The zero-order valence-corrected chi connectivity index (χ0v) is 14.0. The van der Waals surface area contributed by atoms with Crippen molar-refractivity contribution in [2.45, 2.75) is 25.9 Å². The molecular weight excluding hydrogens is 324 g/mol. The van der Waals surface area contributed by atoms with Crippen molar-refractivity contribution < 1.29 is 9.53 Å². The molecule has 24 heavy (non-hydrogen) atoms. The number of amides is 1. The van der Waals surface area contributed by atoms with Crippen LogP contribution >= 0.6 is 11.3 Å². The number of pyridine rings is 1. The summed E-state index contributed by atoms with van der Waals surface area (Å²) in [5, 5.41) is 14.9. The van der Waals surface area contributed by atoms with Gasteiger partial charge in [0.25, 0.3) is 5.91 Å². The van der Waals surface area contributed by atoms with Gasteiger partial charge in [-0.3, -0.25) is 4.79 Å². The molecule has 0 aliphatic carbocycles. The van der Waals surface area contributed by atoms with Crippen LogP contribution < -0.4 is 5.32 Å². The van der Waals surface area contributed by atoms with Gasteiger partial charge in [0, 0.05) is 23.8 Å². The second kappa shape index (κ2) is 6.26. The van der Waals surface area contributed by atoms with Gasteiger partial charge >= 0.3 is 0 Å². The number of carbonyl (C=O) groups is 1. The highest BCUT2D eigenvalue weighted by Crippen LogP contribution is 2.27. The summed E-state index contributed by atoms with van der Waals surface area (Å²) in [5.41, 5.74) is 1.01. The molecule has 3 aromatic rings. The number of ether oxygens (including phenoxy) is 1. The molecule has 1 aliphatic rings. The van der Waals surface area contributed by atoms with Crippen molar-refractivity contribution in [3.63, 3.8) is 0 Å². The Labute approximate surface area is 142 Å². The highest BCUT2D eigenvalue weighted by atomic mass is 32.1. The summed E-state index contributed by atoms with van der Waals surface area (Å²) in [6, 6.07) is 7.92. The lowest BCUT2D eigenvalue weighted by Crippen LogP contribution is -2.27. The van der Waals surface area contributed by atoms with E-state index in [0.29, 0.717) is 12.4 Å². The average molecular weight is 340 g/mol. The van der Waals surface area contributed by atoms with E-state index in [1.165, 1.54) is 0 Å². The maximum atomic E-state index is 12.1. The van der Waals surface area contributed by atoms with Gasteiger partial charge in [-0.15, -0.1) is 10.2 Å². The van der Waals surface area contributed by atoms with Crippen molar-refractivity contribution in [3.8, 4) is 10.6 Å². The first-order valence-corrected chi connectivity index (χ1v) is 8.63. The molecule has 0 spiro atoms. The number of benzene rings is 1. The van der Waals surface area contributed by atoms with Crippen LogP contribution in [0.4, 0.5) is 5.82 Å². The fourth-order valence-electron chi connectivity index (χ4n) is 2.75. The van der Waals surface area contributed by atoms with Gasteiger partial charge in [-0.05, 0) is 37.3 Å². The number of anilines is 1. The monoisotopic (exact) mass is 340 g/mol. The lowest BCUT2D eigenvalue weighted by Gasteiger charge is -2.10. The molecule has 1 aromatic carbocycles. The Morgan fingerprint density at radius 3 is 2.96 bits per heavy atom. The largest absolute Gasteiger partial charge is 0.368 e. The molecule has 0 saturated carbocycles. The second-order valence-electron chi connectivity index (χ2n) is 5.75. The van der Waals surface area contributed by atoms with E-state index in [1.807, 2.05) is 31.2 Å². The summed E-state index contributed by atoms with van der Waals surface area (Å²) in [4.78, 5) is 16.5.